The lowest BCUT2D eigenvalue weighted by Crippen LogP contribution is -2.36. The number of hydrogen-bond donors (Lipinski definition) is 1. The standard InChI is InChI=1S/C12H20N4OS/c1-7(2)13-11(17)8(3)18-12-15-14-9(4)16(12)10-5-6-10/h7-8,10H,5-6H2,1-4H3,(H,13,17)/t8-/m0/s1. The average Bonchev–Trinajstić information content (AvgIpc) is 3.04. The van der Waals surface area contributed by atoms with E-state index in [4.69, 9.17) is 0 Å². The van der Waals surface area contributed by atoms with Gasteiger partial charge in [0.2, 0.25) is 5.91 Å². The highest BCUT2D eigenvalue weighted by molar-refractivity contribution is 8.00. The third kappa shape index (κ3) is 3.04. The molecule has 6 heteroatoms. The highest BCUT2D eigenvalue weighted by Gasteiger charge is 2.29. The van der Waals surface area contributed by atoms with E-state index in [2.05, 4.69) is 20.1 Å². The fourth-order valence-electron chi connectivity index (χ4n) is 1.80. The van der Waals surface area contributed by atoms with Crippen molar-refractivity contribution in [3.63, 3.8) is 0 Å². The SMILES string of the molecule is Cc1nnc(S[C@@H](C)C(=O)NC(C)C)n1C1CC1. The highest BCUT2D eigenvalue weighted by atomic mass is 32.2. The number of thioether (sulfide) groups is 1. The zero-order valence-corrected chi connectivity index (χ0v) is 12.1. The van der Waals surface area contributed by atoms with E-state index >= 15 is 0 Å². The summed E-state index contributed by atoms with van der Waals surface area (Å²) in [6, 6.07) is 0.714. The van der Waals surface area contributed by atoms with Gasteiger partial charge in [0.15, 0.2) is 5.16 Å². The minimum absolute atomic E-state index is 0.0537. The van der Waals surface area contributed by atoms with Gasteiger partial charge in [-0.2, -0.15) is 0 Å². The Labute approximate surface area is 112 Å². The number of nitrogens with one attached hydrogen (secondary N) is 1. The molecule has 0 aromatic carbocycles. The molecule has 2 rings (SSSR count). The Balaban J connectivity index is 2.02. The quantitative estimate of drug-likeness (QED) is 0.829. The monoisotopic (exact) mass is 268 g/mol. The van der Waals surface area contributed by atoms with E-state index in [1.54, 1.807) is 0 Å². The van der Waals surface area contributed by atoms with Crippen LogP contribution >= 0.6 is 11.8 Å². The van der Waals surface area contributed by atoms with E-state index in [1.165, 1.54) is 24.6 Å². The Morgan fingerprint density at radius 1 is 1.39 bits per heavy atom. The predicted molar refractivity (Wildman–Crippen MR) is 71.6 cm³/mol. The van der Waals surface area contributed by atoms with Gasteiger partial charge in [-0.3, -0.25) is 4.79 Å². The molecule has 1 saturated carbocycles. The van der Waals surface area contributed by atoms with Crippen molar-refractivity contribution in [3.8, 4) is 0 Å². The largest absolute Gasteiger partial charge is 0.353 e. The molecule has 1 aromatic rings. The molecule has 1 aliphatic rings. The van der Waals surface area contributed by atoms with Gasteiger partial charge in [0.25, 0.3) is 0 Å². The molecule has 1 amide bonds. The van der Waals surface area contributed by atoms with Crippen LogP contribution in [0.5, 0.6) is 0 Å². The molecule has 0 saturated heterocycles. The first kappa shape index (κ1) is 13.4. The third-order valence-corrected chi connectivity index (χ3v) is 3.89. The summed E-state index contributed by atoms with van der Waals surface area (Å²) in [6.07, 6.45) is 2.39. The molecule has 1 fully saturated rings. The zero-order chi connectivity index (χ0) is 13.3. The van der Waals surface area contributed by atoms with Crippen LogP contribution in [0.3, 0.4) is 0 Å². The number of hydrogen-bond acceptors (Lipinski definition) is 4. The molecule has 0 aliphatic heterocycles. The van der Waals surface area contributed by atoms with Gasteiger partial charge < -0.3 is 9.88 Å². The van der Waals surface area contributed by atoms with Crippen molar-refractivity contribution in [2.24, 2.45) is 0 Å². The van der Waals surface area contributed by atoms with E-state index in [-0.39, 0.29) is 17.2 Å². The van der Waals surface area contributed by atoms with Crippen molar-refractivity contribution in [2.45, 2.75) is 63.0 Å². The van der Waals surface area contributed by atoms with Crippen LogP contribution in [0.25, 0.3) is 0 Å². The molecule has 0 bridgehead atoms. The Morgan fingerprint density at radius 3 is 2.61 bits per heavy atom. The molecule has 5 nitrogen and oxygen atoms in total. The van der Waals surface area contributed by atoms with Gasteiger partial charge in [-0.15, -0.1) is 10.2 Å². The summed E-state index contributed by atoms with van der Waals surface area (Å²) in [4.78, 5) is 11.9. The molecular weight excluding hydrogens is 248 g/mol. The molecule has 18 heavy (non-hydrogen) atoms. The summed E-state index contributed by atoms with van der Waals surface area (Å²) in [6.45, 7) is 7.80. The lowest BCUT2D eigenvalue weighted by molar-refractivity contribution is -0.120. The Morgan fingerprint density at radius 2 is 2.06 bits per heavy atom. The normalized spacial score (nSPS) is 16.9. The van der Waals surface area contributed by atoms with Gasteiger partial charge in [-0.1, -0.05) is 11.8 Å². The minimum atomic E-state index is -0.145. The second-order valence-corrected chi connectivity index (χ2v) is 6.36. The molecule has 1 aromatic heterocycles. The number of amides is 1. The molecule has 100 valence electrons. The molecule has 1 atom stereocenters. The summed E-state index contributed by atoms with van der Waals surface area (Å²) in [7, 11) is 0. The second-order valence-electron chi connectivity index (χ2n) is 5.05. The fourth-order valence-corrected chi connectivity index (χ4v) is 2.77. The van der Waals surface area contributed by atoms with Crippen molar-refractivity contribution >= 4 is 17.7 Å². The van der Waals surface area contributed by atoms with E-state index in [1.807, 2.05) is 27.7 Å². The van der Waals surface area contributed by atoms with Gasteiger partial charge in [-0.05, 0) is 40.5 Å². The molecule has 1 N–H and O–H groups in total. The average molecular weight is 268 g/mol. The smallest absolute Gasteiger partial charge is 0.233 e. The van der Waals surface area contributed by atoms with Crippen molar-refractivity contribution < 1.29 is 4.79 Å². The minimum Gasteiger partial charge on any atom is -0.353 e. The first-order valence-corrected chi connectivity index (χ1v) is 7.25. The van der Waals surface area contributed by atoms with Crippen LogP contribution in [0.2, 0.25) is 0 Å². The molecule has 1 aliphatic carbocycles. The van der Waals surface area contributed by atoms with Crippen LogP contribution in [-0.4, -0.2) is 32.0 Å². The first-order valence-electron chi connectivity index (χ1n) is 6.37. The van der Waals surface area contributed by atoms with E-state index in [9.17, 15) is 4.79 Å². The summed E-state index contributed by atoms with van der Waals surface area (Å²) in [5.74, 6) is 0.995. The molecular formula is C12H20N4OS. The number of carbonyl (C=O) groups is 1. The maximum Gasteiger partial charge on any atom is 0.233 e. The molecule has 0 radical (unpaired) electrons. The zero-order valence-electron chi connectivity index (χ0n) is 11.3. The second kappa shape index (κ2) is 5.30. The maximum atomic E-state index is 11.9. The number of carbonyl (C=O) groups excluding carboxylic acids is 1. The fraction of sp³-hybridized carbons (Fsp3) is 0.750. The number of rotatable bonds is 5. The van der Waals surface area contributed by atoms with E-state index in [0.717, 1.165) is 11.0 Å². The molecule has 1 heterocycles. The summed E-state index contributed by atoms with van der Waals surface area (Å²) < 4.78 is 2.16. The summed E-state index contributed by atoms with van der Waals surface area (Å²) >= 11 is 1.49. The lowest BCUT2D eigenvalue weighted by Gasteiger charge is -2.14. The Hall–Kier alpha value is -1.04. The van der Waals surface area contributed by atoms with Crippen LogP contribution in [0.15, 0.2) is 5.16 Å². The van der Waals surface area contributed by atoms with Crippen LogP contribution in [0.1, 0.15) is 45.5 Å². The maximum absolute atomic E-state index is 11.9. The van der Waals surface area contributed by atoms with Gasteiger partial charge in [0.1, 0.15) is 5.82 Å². The van der Waals surface area contributed by atoms with Crippen molar-refractivity contribution in [3.05, 3.63) is 5.82 Å². The van der Waals surface area contributed by atoms with Crippen LogP contribution < -0.4 is 5.32 Å². The van der Waals surface area contributed by atoms with E-state index < -0.39 is 0 Å². The number of aromatic nitrogens is 3. The van der Waals surface area contributed by atoms with Crippen LogP contribution in [0.4, 0.5) is 0 Å². The van der Waals surface area contributed by atoms with Gasteiger partial charge >= 0.3 is 0 Å². The van der Waals surface area contributed by atoms with Crippen molar-refractivity contribution in [1.29, 1.82) is 0 Å². The number of nitrogens with zero attached hydrogens (tertiary/aromatic N) is 3. The predicted octanol–water partition coefficient (Wildman–Crippen LogP) is 1.93. The van der Waals surface area contributed by atoms with Crippen LogP contribution in [-0.2, 0) is 4.79 Å². The lowest BCUT2D eigenvalue weighted by atomic mass is 10.3. The van der Waals surface area contributed by atoms with Crippen molar-refractivity contribution in [1.82, 2.24) is 20.1 Å². The third-order valence-electron chi connectivity index (χ3n) is 2.83. The van der Waals surface area contributed by atoms with E-state index in [0.29, 0.717) is 6.04 Å². The highest BCUT2D eigenvalue weighted by Crippen LogP contribution is 2.39. The summed E-state index contributed by atoms with van der Waals surface area (Å²) in [5, 5.41) is 11.9. The van der Waals surface area contributed by atoms with Crippen LogP contribution in [0, 0.1) is 6.92 Å². The molecule has 0 spiro atoms. The Bertz CT molecular complexity index is 439. The molecule has 0 unspecified atom stereocenters. The Kier molecular flexibility index (Phi) is 3.94. The summed E-state index contributed by atoms with van der Waals surface area (Å²) in [5.41, 5.74) is 0. The van der Waals surface area contributed by atoms with Gasteiger partial charge in [-0.25, -0.2) is 0 Å². The van der Waals surface area contributed by atoms with Crippen molar-refractivity contribution in [2.75, 3.05) is 0 Å². The first-order chi connectivity index (χ1) is 8.49. The number of aryl methyl sites for hydroxylation is 1. The van der Waals surface area contributed by atoms with Gasteiger partial charge in [0.05, 0.1) is 5.25 Å². The topological polar surface area (TPSA) is 59.8 Å². The van der Waals surface area contributed by atoms with Gasteiger partial charge in [0, 0.05) is 12.1 Å².